The molecule has 0 bridgehead atoms. The minimum atomic E-state index is -0.196. The van der Waals surface area contributed by atoms with Gasteiger partial charge in [0, 0.05) is 12.3 Å². The number of benzene rings is 1. The standard InChI is InChI=1S/C15H21BrO2/c1-12-6-5-8-14(10-12)7-3-4-9-15(11-16)18-13(2)17/h5-6,8,10,15H,3-4,7,9,11H2,1-2H3. The minimum absolute atomic E-state index is 0.0139. The number of carbonyl (C=O) groups is 1. The molecule has 1 unspecified atom stereocenters. The number of ether oxygens (including phenoxy) is 1. The Balaban J connectivity index is 2.23. The molecule has 0 radical (unpaired) electrons. The quantitative estimate of drug-likeness (QED) is 0.431. The lowest BCUT2D eigenvalue weighted by Crippen LogP contribution is -2.17. The summed E-state index contributed by atoms with van der Waals surface area (Å²) in [6.45, 7) is 3.58. The van der Waals surface area contributed by atoms with Crippen molar-refractivity contribution in [3.8, 4) is 0 Å². The maximum Gasteiger partial charge on any atom is 0.302 e. The first-order valence-corrected chi connectivity index (χ1v) is 7.52. The molecular formula is C15H21BrO2. The first-order valence-electron chi connectivity index (χ1n) is 6.40. The first-order chi connectivity index (χ1) is 8.61. The Bertz CT molecular complexity index is 377. The highest BCUT2D eigenvalue weighted by Gasteiger charge is 2.09. The van der Waals surface area contributed by atoms with Crippen LogP contribution in [0.1, 0.15) is 37.3 Å². The number of alkyl halides is 1. The molecule has 2 nitrogen and oxygen atoms in total. The van der Waals surface area contributed by atoms with E-state index in [1.165, 1.54) is 18.1 Å². The van der Waals surface area contributed by atoms with Gasteiger partial charge in [0.25, 0.3) is 0 Å². The van der Waals surface area contributed by atoms with E-state index in [0.717, 1.165) is 31.0 Å². The number of hydrogen-bond acceptors (Lipinski definition) is 2. The van der Waals surface area contributed by atoms with Crippen molar-refractivity contribution in [3.63, 3.8) is 0 Å². The predicted molar refractivity (Wildman–Crippen MR) is 78.1 cm³/mol. The van der Waals surface area contributed by atoms with E-state index in [-0.39, 0.29) is 12.1 Å². The van der Waals surface area contributed by atoms with Gasteiger partial charge in [-0.2, -0.15) is 0 Å². The molecule has 0 fully saturated rings. The smallest absolute Gasteiger partial charge is 0.302 e. The second kappa shape index (κ2) is 8.30. The van der Waals surface area contributed by atoms with Crippen molar-refractivity contribution in [1.29, 1.82) is 0 Å². The SMILES string of the molecule is CC(=O)OC(CBr)CCCCc1cccc(C)c1. The van der Waals surface area contributed by atoms with Gasteiger partial charge in [0.2, 0.25) is 0 Å². The van der Waals surface area contributed by atoms with Crippen LogP contribution < -0.4 is 0 Å². The molecule has 1 aromatic carbocycles. The van der Waals surface area contributed by atoms with E-state index in [9.17, 15) is 4.79 Å². The van der Waals surface area contributed by atoms with Crippen molar-refractivity contribution in [3.05, 3.63) is 35.4 Å². The van der Waals surface area contributed by atoms with Crippen molar-refractivity contribution in [2.75, 3.05) is 5.33 Å². The predicted octanol–water partition coefficient (Wildman–Crippen LogP) is 4.03. The Kier molecular flexibility index (Phi) is 7.02. The van der Waals surface area contributed by atoms with Gasteiger partial charge in [-0.1, -0.05) is 45.8 Å². The van der Waals surface area contributed by atoms with Crippen LogP contribution in [-0.4, -0.2) is 17.4 Å². The summed E-state index contributed by atoms with van der Waals surface area (Å²) in [7, 11) is 0. The Morgan fingerprint density at radius 3 is 2.78 bits per heavy atom. The third-order valence-electron chi connectivity index (χ3n) is 2.83. The average molecular weight is 313 g/mol. The molecular weight excluding hydrogens is 292 g/mol. The van der Waals surface area contributed by atoms with Crippen LogP contribution in [0.3, 0.4) is 0 Å². The maximum atomic E-state index is 10.9. The summed E-state index contributed by atoms with van der Waals surface area (Å²) in [6, 6.07) is 8.62. The molecule has 18 heavy (non-hydrogen) atoms. The van der Waals surface area contributed by atoms with E-state index in [0.29, 0.717) is 0 Å². The van der Waals surface area contributed by atoms with E-state index in [1.54, 1.807) is 0 Å². The number of unbranched alkanes of at least 4 members (excludes halogenated alkanes) is 1. The van der Waals surface area contributed by atoms with Gasteiger partial charge in [-0.25, -0.2) is 0 Å². The fourth-order valence-corrected chi connectivity index (χ4v) is 2.43. The summed E-state index contributed by atoms with van der Waals surface area (Å²) in [6.07, 6.45) is 4.25. The number of carbonyl (C=O) groups excluding carboxylic acids is 1. The van der Waals surface area contributed by atoms with Crippen molar-refractivity contribution in [2.45, 2.75) is 45.6 Å². The normalized spacial score (nSPS) is 12.2. The van der Waals surface area contributed by atoms with Gasteiger partial charge >= 0.3 is 5.97 Å². The van der Waals surface area contributed by atoms with E-state index in [4.69, 9.17) is 4.74 Å². The summed E-state index contributed by atoms with van der Waals surface area (Å²) in [5.41, 5.74) is 2.70. The lowest BCUT2D eigenvalue weighted by Gasteiger charge is -2.13. The van der Waals surface area contributed by atoms with Gasteiger partial charge < -0.3 is 4.74 Å². The molecule has 0 aliphatic rings. The van der Waals surface area contributed by atoms with Crippen molar-refractivity contribution in [1.82, 2.24) is 0 Å². The molecule has 0 spiro atoms. The fraction of sp³-hybridized carbons (Fsp3) is 0.533. The van der Waals surface area contributed by atoms with Gasteiger partial charge in [-0.05, 0) is 38.2 Å². The molecule has 0 amide bonds. The van der Waals surface area contributed by atoms with Crippen LogP contribution in [0, 0.1) is 6.92 Å². The Morgan fingerprint density at radius 2 is 2.17 bits per heavy atom. The zero-order chi connectivity index (χ0) is 13.4. The Hall–Kier alpha value is -0.830. The van der Waals surface area contributed by atoms with Gasteiger partial charge in [0.15, 0.2) is 0 Å². The largest absolute Gasteiger partial charge is 0.462 e. The Labute approximate surface area is 118 Å². The van der Waals surface area contributed by atoms with Gasteiger partial charge in [0.1, 0.15) is 6.10 Å². The molecule has 0 aliphatic carbocycles. The fourth-order valence-electron chi connectivity index (χ4n) is 1.97. The number of aryl methyl sites for hydroxylation is 2. The van der Waals surface area contributed by atoms with Crippen molar-refractivity contribution in [2.24, 2.45) is 0 Å². The molecule has 1 aromatic rings. The molecule has 0 saturated heterocycles. The average Bonchev–Trinajstić information content (AvgIpc) is 2.32. The molecule has 0 heterocycles. The highest BCUT2D eigenvalue weighted by molar-refractivity contribution is 9.09. The van der Waals surface area contributed by atoms with E-state index in [2.05, 4.69) is 47.1 Å². The summed E-state index contributed by atoms with van der Waals surface area (Å²) >= 11 is 3.37. The van der Waals surface area contributed by atoms with Crippen LogP contribution in [0.15, 0.2) is 24.3 Å². The van der Waals surface area contributed by atoms with E-state index < -0.39 is 0 Å². The minimum Gasteiger partial charge on any atom is -0.462 e. The number of halogens is 1. The van der Waals surface area contributed by atoms with Crippen LogP contribution in [0.4, 0.5) is 0 Å². The zero-order valence-corrected chi connectivity index (χ0v) is 12.7. The van der Waals surface area contributed by atoms with Gasteiger partial charge in [0.05, 0.1) is 0 Å². The van der Waals surface area contributed by atoms with E-state index in [1.807, 2.05) is 0 Å². The third kappa shape index (κ3) is 6.20. The molecule has 0 aromatic heterocycles. The van der Waals surface area contributed by atoms with Crippen LogP contribution in [0.5, 0.6) is 0 Å². The van der Waals surface area contributed by atoms with Crippen LogP contribution in [0.25, 0.3) is 0 Å². The summed E-state index contributed by atoms with van der Waals surface area (Å²) in [5, 5.41) is 0.719. The summed E-state index contributed by atoms with van der Waals surface area (Å²) < 4.78 is 5.19. The molecule has 1 rings (SSSR count). The van der Waals surface area contributed by atoms with Crippen LogP contribution in [-0.2, 0) is 16.0 Å². The highest BCUT2D eigenvalue weighted by atomic mass is 79.9. The number of hydrogen-bond donors (Lipinski definition) is 0. The maximum absolute atomic E-state index is 10.9. The summed E-state index contributed by atoms with van der Waals surface area (Å²) in [4.78, 5) is 10.9. The summed E-state index contributed by atoms with van der Waals surface area (Å²) in [5.74, 6) is -0.196. The van der Waals surface area contributed by atoms with E-state index >= 15 is 0 Å². The van der Waals surface area contributed by atoms with Crippen LogP contribution >= 0.6 is 15.9 Å². The number of rotatable bonds is 7. The molecule has 0 saturated carbocycles. The lowest BCUT2D eigenvalue weighted by molar-refractivity contribution is -0.145. The van der Waals surface area contributed by atoms with Crippen molar-refractivity contribution < 1.29 is 9.53 Å². The second-order valence-electron chi connectivity index (χ2n) is 4.62. The highest BCUT2D eigenvalue weighted by Crippen LogP contribution is 2.12. The second-order valence-corrected chi connectivity index (χ2v) is 5.27. The van der Waals surface area contributed by atoms with Gasteiger partial charge in [-0.3, -0.25) is 4.79 Å². The topological polar surface area (TPSA) is 26.3 Å². The number of esters is 1. The van der Waals surface area contributed by atoms with Crippen LogP contribution in [0.2, 0.25) is 0 Å². The molecule has 0 aliphatic heterocycles. The third-order valence-corrected chi connectivity index (χ3v) is 3.55. The first kappa shape index (κ1) is 15.2. The lowest BCUT2D eigenvalue weighted by atomic mass is 10.0. The monoisotopic (exact) mass is 312 g/mol. The molecule has 3 heteroatoms. The molecule has 0 N–H and O–H groups in total. The Morgan fingerprint density at radius 1 is 1.39 bits per heavy atom. The zero-order valence-electron chi connectivity index (χ0n) is 11.1. The van der Waals surface area contributed by atoms with Crippen molar-refractivity contribution >= 4 is 21.9 Å². The molecule has 100 valence electrons. The molecule has 1 atom stereocenters. The van der Waals surface area contributed by atoms with Gasteiger partial charge in [-0.15, -0.1) is 0 Å².